The fourth-order valence-corrected chi connectivity index (χ4v) is 3.25. The highest BCUT2D eigenvalue weighted by molar-refractivity contribution is 6.18. The van der Waals surface area contributed by atoms with Gasteiger partial charge < -0.3 is 0 Å². The molecule has 2 fully saturated rings. The molecule has 0 radical (unpaired) electrons. The van der Waals surface area contributed by atoms with Crippen LogP contribution in [-0.4, -0.2) is 5.88 Å². The molecule has 12 heavy (non-hydrogen) atoms. The lowest BCUT2D eigenvalue weighted by molar-refractivity contribution is 0.250. The highest BCUT2D eigenvalue weighted by Gasteiger charge is 2.42. The van der Waals surface area contributed by atoms with Crippen molar-refractivity contribution >= 4 is 11.6 Å². The minimum absolute atomic E-state index is 0.891. The second-order valence-corrected chi connectivity index (χ2v) is 5.15. The van der Waals surface area contributed by atoms with E-state index in [2.05, 4.69) is 6.92 Å². The summed E-state index contributed by atoms with van der Waals surface area (Å²) in [6.45, 7) is 2.41. The summed E-state index contributed by atoms with van der Waals surface area (Å²) in [6.07, 6.45) is 7.34. The van der Waals surface area contributed by atoms with Crippen LogP contribution in [0.25, 0.3) is 0 Å². The molecule has 0 spiro atoms. The summed E-state index contributed by atoms with van der Waals surface area (Å²) < 4.78 is 0. The second-order valence-electron chi connectivity index (χ2n) is 4.85. The van der Waals surface area contributed by atoms with Gasteiger partial charge in [0, 0.05) is 5.88 Å². The molecular formula is C11H19Cl. The van der Waals surface area contributed by atoms with Crippen molar-refractivity contribution in [1.29, 1.82) is 0 Å². The number of alkyl halides is 1. The van der Waals surface area contributed by atoms with Gasteiger partial charge in [-0.1, -0.05) is 26.2 Å². The zero-order valence-electron chi connectivity index (χ0n) is 7.93. The predicted molar refractivity (Wildman–Crippen MR) is 53.4 cm³/mol. The topological polar surface area (TPSA) is 0 Å². The predicted octanol–water partition coefficient (Wildman–Crippen LogP) is 3.69. The monoisotopic (exact) mass is 186 g/mol. The first-order chi connectivity index (χ1) is 5.81. The van der Waals surface area contributed by atoms with Crippen molar-refractivity contribution in [3.63, 3.8) is 0 Å². The molecule has 0 aromatic carbocycles. The molecule has 4 atom stereocenters. The van der Waals surface area contributed by atoms with E-state index in [9.17, 15) is 0 Å². The summed E-state index contributed by atoms with van der Waals surface area (Å²) in [6, 6.07) is 0. The molecule has 0 aliphatic heterocycles. The molecule has 1 heteroatoms. The molecule has 0 amide bonds. The Labute approximate surface area is 80.7 Å². The maximum atomic E-state index is 5.85. The Morgan fingerprint density at radius 2 is 2.08 bits per heavy atom. The Bertz CT molecular complexity index is 155. The molecule has 0 N–H and O–H groups in total. The number of hydrogen-bond acceptors (Lipinski definition) is 0. The number of hydrogen-bond donors (Lipinski definition) is 0. The zero-order chi connectivity index (χ0) is 8.55. The van der Waals surface area contributed by atoms with E-state index in [1.165, 1.54) is 32.1 Å². The molecular weight excluding hydrogens is 168 g/mol. The first-order valence-electron chi connectivity index (χ1n) is 5.37. The van der Waals surface area contributed by atoms with Gasteiger partial charge in [-0.2, -0.15) is 0 Å². The van der Waals surface area contributed by atoms with E-state index in [0.717, 1.165) is 29.6 Å². The lowest BCUT2D eigenvalue weighted by Crippen LogP contribution is -2.15. The summed E-state index contributed by atoms with van der Waals surface area (Å²) in [5.74, 6) is 4.85. The Morgan fingerprint density at radius 3 is 2.67 bits per heavy atom. The van der Waals surface area contributed by atoms with Crippen LogP contribution in [-0.2, 0) is 0 Å². The molecule has 2 aliphatic rings. The average molecular weight is 187 g/mol. The lowest BCUT2D eigenvalue weighted by Gasteiger charge is -2.26. The first kappa shape index (κ1) is 8.87. The smallest absolute Gasteiger partial charge is 0.0254 e. The fourth-order valence-electron chi connectivity index (χ4n) is 2.90. The van der Waals surface area contributed by atoms with Crippen LogP contribution in [0.3, 0.4) is 0 Å². The van der Waals surface area contributed by atoms with E-state index in [1.54, 1.807) is 0 Å². The normalized spacial score (nSPS) is 47.5. The van der Waals surface area contributed by atoms with Gasteiger partial charge in [0.15, 0.2) is 0 Å². The molecule has 0 heterocycles. The Hall–Kier alpha value is 0.290. The van der Waals surface area contributed by atoms with Crippen molar-refractivity contribution in [2.24, 2.45) is 23.7 Å². The average Bonchev–Trinajstić information content (AvgIpc) is 2.83. The standard InChI is InChI=1S/C11H19Cl/c1-8-3-2-4-9(5-8)11-6-10(11)7-12/h8-11H,2-7H2,1H3. The highest BCUT2D eigenvalue weighted by atomic mass is 35.5. The quantitative estimate of drug-likeness (QED) is 0.578. The molecule has 0 bridgehead atoms. The van der Waals surface area contributed by atoms with E-state index in [1.807, 2.05) is 0 Å². The molecule has 2 aliphatic carbocycles. The number of rotatable bonds is 2. The van der Waals surface area contributed by atoms with Gasteiger partial charge in [0.2, 0.25) is 0 Å². The Balaban J connectivity index is 1.81. The van der Waals surface area contributed by atoms with E-state index < -0.39 is 0 Å². The third kappa shape index (κ3) is 1.79. The maximum absolute atomic E-state index is 5.85. The van der Waals surface area contributed by atoms with Crippen LogP contribution in [0.2, 0.25) is 0 Å². The summed E-state index contributed by atoms with van der Waals surface area (Å²) in [5.41, 5.74) is 0. The maximum Gasteiger partial charge on any atom is 0.0254 e. The van der Waals surface area contributed by atoms with Gasteiger partial charge in [0.25, 0.3) is 0 Å². The van der Waals surface area contributed by atoms with Crippen LogP contribution in [0, 0.1) is 23.7 Å². The summed E-state index contributed by atoms with van der Waals surface area (Å²) >= 11 is 5.85. The SMILES string of the molecule is CC1CCCC(C2CC2CCl)C1. The lowest BCUT2D eigenvalue weighted by atomic mass is 9.79. The van der Waals surface area contributed by atoms with Gasteiger partial charge in [-0.05, 0) is 36.5 Å². The van der Waals surface area contributed by atoms with Crippen molar-refractivity contribution in [2.75, 3.05) is 5.88 Å². The molecule has 70 valence electrons. The van der Waals surface area contributed by atoms with Crippen LogP contribution in [0.5, 0.6) is 0 Å². The molecule has 0 aromatic heterocycles. The van der Waals surface area contributed by atoms with Crippen molar-refractivity contribution in [3.8, 4) is 0 Å². The minimum Gasteiger partial charge on any atom is -0.126 e. The van der Waals surface area contributed by atoms with Crippen LogP contribution in [0.15, 0.2) is 0 Å². The third-order valence-electron chi connectivity index (χ3n) is 3.76. The van der Waals surface area contributed by atoms with Crippen molar-refractivity contribution in [1.82, 2.24) is 0 Å². The largest absolute Gasteiger partial charge is 0.126 e. The van der Waals surface area contributed by atoms with Gasteiger partial charge in [-0.3, -0.25) is 0 Å². The van der Waals surface area contributed by atoms with Gasteiger partial charge in [-0.15, -0.1) is 11.6 Å². The molecule has 4 unspecified atom stereocenters. The highest BCUT2D eigenvalue weighted by Crippen LogP contribution is 2.50. The molecule has 2 rings (SSSR count). The van der Waals surface area contributed by atoms with Gasteiger partial charge in [-0.25, -0.2) is 0 Å². The van der Waals surface area contributed by atoms with E-state index in [4.69, 9.17) is 11.6 Å². The van der Waals surface area contributed by atoms with Crippen molar-refractivity contribution < 1.29 is 0 Å². The van der Waals surface area contributed by atoms with Gasteiger partial charge in [0.1, 0.15) is 0 Å². The van der Waals surface area contributed by atoms with E-state index in [-0.39, 0.29) is 0 Å². The van der Waals surface area contributed by atoms with Crippen LogP contribution in [0.4, 0.5) is 0 Å². The molecule has 0 aromatic rings. The van der Waals surface area contributed by atoms with Crippen LogP contribution >= 0.6 is 11.6 Å². The van der Waals surface area contributed by atoms with Crippen molar-refractivity contribution in [2.45, 2.75) is 39.0 Å². The summed E-state index contributed by atoms with van der Waals surface area (Å²) in [7, 11) is 0. The minimum atomic E-state index is 0.891. The third-order valence-corrected chi connectivity index (χ3v) is 4.15. The van der Waals surface area contributed by atoms with E-state index in [0.29, 0.717) is 0 Å². The van der Waals surface area contributed by atoms with Gasteiger partial charge >= 0.3 is 0 Å². The van der Waals surface area contributed by atoms with E-state index >= 15 is 0 Å². The number of halogens is 1. The summed E-state index contributed by atoms with van der Waals surface area (Å²) in [4.78, 5) is 0. The Morgan fingerprint density at radius 1 is 1.25 bits per heavy atom. The molecule has 0 saturated heterocycles. The fraction of sp³-hybridized carbons (Fsp3) is 1.00. The molecule has 0 nitrogen and oxygen atoms in total. The first-order valence-corrected chi connectivity index (χ1v) is 5.90. The van der Waals surface area contributed by atoms with Gasteiger partial charge in [0.05, 0.1) is 0 Å². The molecule has 2 saturated carbocycles. The van der Waals surface area contributed by atoms with Crippen LogP contribution in [0.1, 0.15) is 39.0 Å². The van der Waals surface area contributed by atoms with Crippen LogP contribution < -0.4 is 0 Å². The zero-order valence-corrected chi connectivity index (χ0v) is 8.69. The van der Waals surface area contributed by atoms with Crippen molar-refractivity contribution in [3.05, 3.63) is 0 Å². The Kier molecular flexibility index (Phi) is 2.64. The second kappa shape index (κ2) is 3.57. The summed E-state index contributed by atoms with van der Waals surface area (Å²) in [5, 5.41) is 0.